The third-order valence-electron chi connectivity index (χ3n) is 3.41. The van der Waals surface area contributed by atoms with Crippen LogP contribution in [0.25, 0.3) is 0 Å². The van der Waals surface area contributed by atoms with Crippen molar-refractivity contribution in [1.29, 1.82) is 0 Å². The lowest BCUT2D eigenvalue weighted by Crippen LogP contribution is -2.38. The van der Waals surface area contributed by atoms with E-state index >= 15 is 0 Å². The number of nitrogens with zero attached hydrogens (tertiary/aromatic N) is 1. The van der Waals surface area contributed by atoms with Gasteiger partial charge in [0, 0.05) is 18.8 Å². The van der Waals surface area contributed by atoms with E-state index in [1.165, 1.54) is 12.1 Å². The van der Waals surface area contributed by atoms with Gasteiger partial charge < -0.3 is 9.64 Å². The molecule has 1 aliphatic rings. The molecule has 2 rings (SSSR count). The van der Waals surface area contributed by atoms with E-state index in [1.807, 2.05) is 26.8 Å². The molecule has 1 saturated heterocycles. The molecule has 0 amide bonds. The Morgan fingerprint density at radius 3 is 2.50 bits per heavy atom. The molecule has 0 atom stereocenters. The predicted octanol–water partition coefficient (Wildman–Crippen LogP) is 3.38. The SMILES string of the molecule is CC(C)(C)OC(=O)C1CCN(c2cccc(F)c2)CC1. The van der Waals surface area contributed by atoms with E-state index < -0.39 is 5.60 Å². The van der Waals surface area contributed by atoms with Crippen molar-refractivity contribution in [3.05, 3.63) is 30.1 Å². The quantitative estimate of drug-likeness (QED) is 0.777. The van der Waals surface area contributed by atoms with Gasteiger partial charge >= 0.3 is 5.97 Å². The molecule has 0 bridgehead atoms. The molecule has 4 heteroatoms. The van der Waals surface area contributed by atoms with Crippen molar-refractivity contribution in [3.63, 3.8) is 0 Å². The van der Waals surface area contributed by atoms with Crippen LogP contribution >= 0.6 is 0 Å². The molecule has 1 heterocycles. The summed E-state index contributed by atoms with van der Waals surface area (Å²) in [4.78, 5) is 14.1. The van der Waals surface area contributed by atoms with Crippen LogP contribution in [0.1, 0.15) is 33.6 Å². The fourth-order valence-corrected chi connectivity index (χ4v) is 2.43. The van der Waals surface area contributed by atoms with Crippen LogP contribution < -0.4 is 4.90 Å². The maximum atomic E-state index is 13.2. The van der Waals surface area contributed by atoms with Crippen LogP contribution in [-0.4, -0.2) is 24.7 Å². The summed E-state index contributed by atoms with van der Waals surface area (Å²) in [6.45, 7) is 7.16. The van der Waals surface area contributed by atoms with Gasteiger partial charge in [0.25, 0.3) is 0 Å². The Kier molecular flexibility index (Phi) is 4.31. The monoisotopic (exact) mass is 279 g/mol. The molecule has 20 heavy (non-hydrogen) atoms. The minimum absolute atomic E-state index is 0.0426. The number of carbonyl (C=O) groups excluding carboxylic acids is 1. The van der Waals surface area contributed by atoms with Crippen LogP contribution in [-0.2, 0) is 9.53 Å². The van der Waals surface area contributed by atoms with Gasteiger partial charge in [0.2, 0.25) is 0 Å². The Hall–Kier alpha value is -1.58. The minimum atomic E-state index is -0.434. The van der Waals surface area contributed by atoms with Gasteiger partial charge in [0.15, 0.2) is 0 Å². The maximum Gasteiger partial charge on any atom is 0.309 e. The second-order valence-corrected chi connectivity index (χ2v) is 6.27. The first-order valence-corrected chi connectivity index (χ1v) is 7.08. The standard InChI is InChI=1S/C16H22FNO2/c1-16(2,3)20-15(19)12-7-9-18(10-8-12)14-6-4-5-13(17)11-14/h4-6,11-12H,7-10H2,1-3H3. The zero-order chi connectivity index (χ0) is 14.8. The molecule has 1 aromatic rings. The van der Waals surface area contributed by atoms with Gasteiger partial charge in [-0.2, -0.15) is 0 Å². The number of piperidine rings is 1. The Morgan fingerprint density at radius 2 is 1.95 bits per heavy atom. The summed E-state index contributed by atoms with van der Waals surface area (Å²) >= 11 is 0. The largest absolute Gasteiger partial charge is 0.460 e. The van der Waals surface area contributed by atoms with Crippen molar-refractivity contribution in [2.75, 3.05) is 18.0 Å². The first-order valence-electron chi connectivity index (χ1n) is 7.08. The Balaban J connectivity index is 1.91. The molecule has 1 aromatic carbocycles. The molecule has 0 spiro atoms. The topological polar surface area (TPSA) is 29.5 Å². The highest BCUT2D eigenvalue weighted by atomic mass is 19.1. The van der Waals surface area contributed by atoms with Crippen LogP contribution in [0.2, 0.25) is 0 Å². The van der Waals surface area contributed by atoms with Crippen LogP contribution in [0.4, 0.5) is 10.1 Å². The van der Waals surface area contributed by atoms with Crippen LogP contribution in [0.3, 0.4) is 0 Å². The molecule has 0 aromatic heterocycles. The molecular formula is C16H22FNO2. The van der Waals surface area contributed by atoms with Crippen molar-refractivity contribution >= 4 is 11.7 Å². The molecule has 1 fully saturated rings. The fraction of sp³-hybridized carbons (Fsp3) is 0.562. The lowest BCUT2D eigenvalue weighted by molar-refractivity contribution is -0.160. The van der Waals surface area contributed by atoms with E-state index in [-0.39, 0.29) is 17.7 Å². The number of halogens is 1. The van der Waals surface area contributed by atoms with Gasteiger partial charge in [0.1, 0.15) is 11.4 Å². The second-order valence-electron chi connectivity index (χ2n) is 6.27. The zero-order valence-corrected chi connectivity index (χ0v) is 12.4. The summed E-state index contributed by atoms with van der Waals surface area (Å²) in [6, 6.07) is 6.59. The van der Waals surface area contributed by atoms with E-state index in [4.69, 9.17) is 4.74 Å². The van der Waals surface area contributed by atoms with Gasteiger partial charge in [-0.05, 0) is 51.8 Å². The smallest absolute Gasteiger partial charge is 0.309 e. The first-order chi connectivity index (χ1) is 9.35. The maximum absolute atomic E-state index is 13.2. The number of rotatable bonds is 2. The van der Waals surface area contributed by atoms with E-state index in [1.54, 1.807) is 6.07 Å². The average Bonchev–Trinajstić information content (AvgIpc) is 2.37. The molecule has 0 N–H and O–H groups in total. The van der Waals surface area contributed by atoms with Gasteiger partial charge in [-0.3, -0.25) is 4.79 Å². The third-order valence-corrected chi connectivity index (χ3v) is 3.41. The number of anilines is 1. The highest BCUT2D eigenvalue weighted by Crippen LogP contribution is 2.25. The van der Waals surface area contributed by atoms with Crippen LogP contribution in [0.15, 0.2) is 24.3 Å². The number of hydrogen-bond donors (Lipinski definition) is 0. The van der Waals surface area contributed by atoms with Crippen molar-refractivity contribution in [1.82, 2.24) is 0 Å². The molecule has 0 unspecified atom stereocenters. The Bertz CT molecular complexity index is 474. The molecule has 0 aliphatic carbocycles. The predicted molar refractivity (Wildman–Crippen MR) is 77.2 cm³/mol. The molecule has 1 aliphatic heterocycles. The van der Waals surface area contributed by atoms with E-state index in [0.717, 1.165) is 31.6 Å². The summed E-state index contributed by atoms with van der Waals surface area (Å²) in [7, 11) is 0. The van der Waals surface area contributed by atoms with Gasteiger partial charge in [-0.1, -0.05) is 6.07 Å². The van der Waals surface area contributed by atoms with Crippen LogP contribution in [0.5, 0.6) is 0 Å². The van der Waals surface area contributed by atoms with Gasteiger partial charge in [-0.15, -0.1) is 0 Å². The highest BCUT2D eigenvalue weighted by Gasteiger charge is 2.29. The number of carbonyl (C=O) groups is 1. The van der Waals surface area contributed by atoms with Gasteiger partial charge in [0.05, 0.1) is 5.92 Å². The Morgan fingerprint density at radius 1 is 1.30 bits per heavy atom. The third kappa shape index (κ3) is 3.95. The number of ether oxygens (including phenoxy) is 1. The molecule has 0 saturated carbocycles. The van der Waals surface area contributed by atoms with Crippen molar-refractivity contribution in [3.8, 4) is 0 Å². The summed E-state index contributed by atoms with van der Waals surface area (Å²) in [6.07, 6.45) is 1.51. The van der Waals surface area contributed by atoms with Gasteiger partial charge in [-0.25, -0.2) is 4.39 Å². The molecule has 3 nitrogen and oxygen atoms in total. The molecule has 110 valence electrons. The normalized spacial score (nSPS) is 17.1. The number of esters is 1. The van der Waals surface area contributed by atoms with Crippen LogP contribution in [0, 0.1) is 11.7 Å². The minimum Gasteiger partial charge on any atom is -0.460 e. The van der Waals surface area contributed by atoms with Crippen molar-refractivity contribution in [2.24, 2.45) is 5.92 Å². The van der Waals surface area contributed by atoms with E-state index in [9.17, 15) is 9.18 Å². The molecule has 0 radical (unpaired) electrons. The summed E-state index contributed by atoms with van der Waals surface area (Å²) in [5.74, 6) is -0.382. The zero-order valence-electron chi connectivity index (χ0n) is 12.4. The first kappa shape index (κ1) is 14.8. The van der Waals surface area contributed by atoms with Crippen molar-refractivity contribution in [2.45, 2.75) is 39.2 Å². The van der Waals surface area contributed by atoms with E-state index in [0.29, 0.717) is 0 Å². The summed E-state index contributed by atoms with van der Waals surface area (Å²) in [5, 5.41) is 0. The van der Waals surface area contributed by atoms with Crippen molar-refractivity contribution < 1.29 is 13.9 Å². The van der Waals surface area contributed by atoms with E-state index in [2.05, 4.69) is 4.90 Å². The summed E-state index contributed by atoms with van der Waals surface area (Å²) < 4.78 is 18.6. The average molecular weight is 279 g/mol. The Labute approximate surface area is 119 Å². The highest BCUT2D eigenvalue weighted by molar-refractivity contribution is 5.73. The molecular weight excluding hydrogens is 257 g/mol. The lowest BCUT2D eigenvalue weighted by Gasteiger charge is -2.33. The summed E-state index contributed by atoms with van der Waals surface area (Å²) in [5.41, 5.74) is 0.448. The number of benzene rings is 1. The lowest BCUT2D eigenvalue weighted by atomic mass is 9.96. The second kappa shape index (κ2) is 5.81. The fourth-order valence-electron chi connectivity index (χ4n) is 2.43. The number of hydrogen-bond acceptors (Lipinski definition) is 3.